The highest BCUT2D eigenvalue weighted by Crippen LogP contribution is 2.28. The maximum atomic E-state index is 10.3. The van der Waals surface area contributed by atoms with Crippen LogP contribution >= 0.6 is 0 Å². The molecule has 1 aromatic carbocycles. The Kier molecular flexibility index (Phi) is 5.70. The Labute approximate surface area is 162 Å². The molecule has 0 bridgehead atoms. The third kappa shape index (κ3) is 4.59. The van der Waals surface area contributed by atoms with Crippen LogP contribution in [0.1, 0.15) is 63.4 Å². The summed E-state index contributed by atoms with van der Waals surface area (Å²) in [5, 5.41) is 13.7. The minimum atomic E-state index is -0.800. The first-order valence-electron chi connectivity index (χ1n) is 10.0. The monoisotopic (exact) mass is 368 g/mol. The number of benzene rings is 1. The summed E-state index contributed by atoms with van der Waals surface area (Å²) >= 11 is 0. The molecule has 2 aromatic rings. The topological polar surface area (TPSA) is 61.3 Å². The van der Waals surface area contributed by atoms with Crippen LogP contribution in [0.25, 0.3) is 0 Å². The van der Waals surface area contributed by atoms with E-state index in [9.17, 15) is 5.11 Å². The molecule has 2 heterocycles. The minimum Gasteiger partial charge on any atom is -0.386 e. The van der Waals surface area contributed by atoms with E-state index in [-0.39, 0.29) is 0 Å². The molecule has 1 aromatic heterocycles. The van der Waals surface area contributed by atoms with E-state index in [4.69, 9.17) is 4.98 Å². The number of nitrogens with zero attached hydrogens (tertiary/aromatic N) is 3. The number of aliphatic hydroxyl groups is 1. The number of anilines is 2. The lowest BCUT2D eigenvalue weighted by Gasteiger charge is -2.31. The van der Waals surface area contributed by atoms with Gasteiger partial charge in [0.2, 0.25) is 5.95 Å². The molecule has 2 N–H and O–H groups in total. The lowest BCUT2D eigenvalue weighted by atomic mass is 9.91. The molecule has 5 heteroatoms. The van der Waals surface area contributed by atoms with E-state index < -0.39 is 5.60 Å². The first-order valence-corrected chi connectivity index (χ1v) is 10.0. The van der Waals surface area contributed by atoms with Crippen LogP contribution in [0.5, 0.6) is 0 Å². The van der Waals surface area contributed by atoms with Crippen LogP contribution in [-0.4, -0.2) is 27.7 Å². The summed E-state index contributed by atoms with van der Waals surface area (Å²) < 4.78 is 0. The highest BCUT2D eigenvalue weighted by molar-refractivity contribution is 5.49. The van der Waals surface area contributed by atoms with Gasteiger partial charge < -0.3 is 15.3 Å². The lowest BCUT2D eigenvalue weighted by Crippen LogP contribution is -2.32. The van der Waals surface area contributed by atoms with Gasteiger partial charge in [-0.2, -0.15) is 4.98 Å². The van der Waals surface area contributed by atoms with E-state index in [1.54, 1.807) is 0 Å². The molecular formula is C22H32N4O. The normalized spacial score (nSPS) is 15.4. The first-order chi connectivity index (χ1) is 12.8. The fourth-order valence-corrected chi connectivity index (χ4v) is 3.34. The zero-order valence-electron chi connectivity index (χ0n) is 17.2. The SMILES string of the molecule is CCc1cc(N2CCc3cc(C(C)(C)O)ccc3C2)nc(N[C@H](C)CC)n1. The Balaban J connectivity index is 1.85. The van der Waals surface area contributed by atoms with E-state index in [0.717, 1.165) is 55.4 Å². The molecule has 0 amide bonds. The van der Waals surface area contributed by atoms with Gasteiger partial charge in [-0.3, -0.25) is 0 Å². The minimum absolute atomic E-state index is 0.354. The number of fused-ring (bicyclic) bond motifs is 1. The summed E-state index contributed by atoms with van der Waals surface area (Å²) in [5.41, 5.74) is 3.88. The molecule has 0 unspecified atom stereocenters. The molecule has 3 rings (SSSR count). The summed E-state index contributed by atoms with van der Waals surface area (Å²) in [6.07, 6.45) is 2.89. The van der Waals surface area contributed by atoms with Gasteiger partial charge in [0, 0.05) is 30.9 Å². The predicted molar refractivity (Wildman–Crippen MR) is 111 cm³/mol. The quantitative estimate of drug-likeness (QED) is 0.806. The number of aryl methyl sites for hydroxylation is 1. The zero-order chi connectivity index (χ0) is 19.6. The summed E-state index contributed by atoms with van der Waals surface area (Å²) in [6, 6.07) is 8.80. The van der Waals surface area contributed by atoms with Crippen molar-refractivity contribution in [1.82, 2.24) is 9.97 Å². The van der Waals surface area contributed by atoms with E-state index in [1.807, 2.05) is 19.9 Å². The Morgan fingerprint density at radius 2 is 1.96 bits per heavy atom. The molecule has 1 aliphatic heterocycles. The number of hydrogen-bond acceptors (Lipinski definition) is 5. The van der Waals surface area contributed by atoms with Gasteiger partial charge >= 0.3 is 0 Å². The maximum absolute atomic E-state index is 10.3. The van der Waals surface area contributed by atoms with Crippen LogP contribution in [0.2, 0.25) is 0 Å². The van der Waals surface area contributed by atoms with Crippen molar-refractivity contribution in [3.8, 4) is 0 Å². The molecule has 5 nitrogen and oxygen atoms in total. The van der Waals surface area contributed by atoms with Crippen LogP contribution < -0.4 is 10.2 Å². The van der Waals surface area contributed by atoms with Crippen LogP contribution in [0.4, 0.5) is 11.8 Å². The van der Waals surface area contributed by atoms with Crippen molar-refractivity contribution in [3.05, 3.63) is 46.6 Å². The largest absolute Gasteiger partial charge is 0.386 e. The molecular weight excluding hydrogens is 336 g/mol. The van der Waals surface area contributed by atoms with Crippen molar-refractivity contribution in [2.75, 3.05) is 16.8 Å². The van der Waals surface area contributed by atoms with Crippen molar-refractivity contribution < 1.29 is 5.11 Å². The van der Waals surface area contributed by atoms with Gasteiger partial charge in [0.1, 0.15) is 5.82 Å². The molecule has 0 fully saturated rings. The average Bonchev–Trinajstić information content (AvgIpc) is 2.65. The van der Waals surface area contributed by atoms with Gasteiger partial charge in [0.05, 0.1) is 5.60 Å². The fraction of sp³-hybridized carbons (Fsp3) is 0.545. The molecule has 0 aliphatic carbocycles. The summed E-state index contributed by atoms with van der Waals surface area (Å²) in [6.45, 7) is 11.9. The van der Waals surface area contributed by atoms with Crippen LogP contribution in [-0.2, 0) is 25.0 Å². The van der Waals surface area contributed by atoms with Crippen molar-refractivity contribution in [2.45, 2.75) is 72.1 Å². The Morgan fingerprint density at radius 1 is 1.19 bits per heavy atom. The first kappa shape index (κ1) is 19.6. The van der Waals surface area contributed by atoms with Crippen molar-refractivity contribution in [3.63, 3.8) is 0 Å². The van der Waals surface area contributed by atoms with Crippen LogP contribution in [0.15, 0.2) is 24.3 Å². The van der Waals surface area contributed by atoms with Gasteiger partial charge in [-0.25, -0.2) is 4.98 Å². The highest BCUT2D eigenvalue weighted by Gasteiger charge is 2.22. The average molecular weight is 369 g/mol. The van der Waals surface area contributed by atoms with E-state index in [1.165, 1.54) is 11.1 Å². The molecule has 0 radical (unpaired) electrons. The smallest absolute Gasteiger partial charge is 0.225 e. The van der Waals surface area contributed by atoms with Gasteiger partial charge in [0.15, 0.2) is 0 Å². The molecule has 146 valence electrons. The van der Waals surface area contributed by atoms with Crippen LogP contribution in [0.3, 0.4) is 0 Å². The second-order valence-electron chi connectivity index (χ2n) is 8.06. The second kappa shape index (κ2) is 7.85. The zero-order valence-corrected chi connectivity index (χ0v) is 17.2. The van der Waals surface area contributed by atoms with Gasteiger partial charge in [-0.15, -0.1) is 0 Å². The Bertz CT molecular complexity index is 797. The lowest BCUT2D eigenvalue weighted by molar-refractivity contribution is 0.0785. The van der Waals surface area contributed by atoms with Gasteiger partial charge in [-0.1, -0.05) is 32.0 Å². The van der Waals surface area contributed by atoms with Crippen LogP contribution in [0, 0.1) is 0 Å². The van der Waals surface area contributed by atoms with Gasteiger partial charge in [-0.05, 0) is 56.7 Å². The van der Waals surface area contributed by atoms with E-state index in [2.05, 4.69) is 54.2 Å². The number of aromatic nitrogens is 2. The van der Waals surface area contributed by atoms with Crippen molar-refractivity contribution in [2.24, 2.45) is 0 Å². The summed E-state index contributed by atoms with van der Waals surface area (Å²) in [5.74, 6) is 1.71. The van der Waals surface area contributed by atoms with Crippen molar-refractivity contribution in [1.29, 1.82) is 0 Å². The Morgan fingerprint density at radius 3 is 2.63 bits per heavy atom. The molecule has 0 spiro atoms. The Hall–Kier alpha value is -2.14. The van der Waals surface area contributed by atoms with E-state index >= 15 is 0 Å². The van der Waals surface area contributed by atoms with Crippen molar-refractivity contribution >= 4 is 11.8 Å². The summed E-state index contributed by atoms with van der Waals surface area (Å²) in [4.78, 5) is 11.8. The fourth-order valence-electron chi connectivity index (χ4n) is 3.34. The van der Waals surface area contributed by atoms with E-state index in [0.29, 0.717) is 6.04 Å². The second-order valence-corrected chi connectivity index (χ2v) is 8.06. The maximum Gasteiger partial charge on any atom is 0.225 e. The summed E-state index contributed by atoms with van der Waals surface area (Å²) in [7, 11) is 0. The molecule has 0 saturated heterocycles. The molecule has 1 atom stereocenters. The number of hydrogen-bond donors (Lipinski definition) is 2. The number of nitrogens with one attached hydrogen (secondary N) is 1. The molecule has 1 aliphatic rings. The number of rotatable bonds is 6. The predicted octanol–water partition coefficient (Wildman–Crippen LogP) is 4.04. The standard InChI is InChI=1S/C22H32N4O/c1-6-15(3)23-21-24-19(7-2)13-20(25-21)26-11-10-16-12-18(22(4,5)27)9-8-17(16)14-26/h8-9,12-13,15,27H,6-7,10-11,14H2,1-5H3,(H,23,24,25)/t15-/m1/s1. The molecule has 27 heavy (non-hydrogen) atoms. The third-order valence-corrected chi connectivity index (χ3v) is 5.36. The third-order valence-electron chi connectivity index (χ3n) is 5.36. The molecule has 0 saturated carbocycles. The highest BCUT2D eigenvalue weighted by atomic mass is 16.3. The van der Waals surface area contributed by atoms with Gasteiger partial charge in [0.25, 0.3) is 0 Å².